The Labute approximate surface area is 136 Å². The van der Waals surface area contributed by atoms with E-state index in [-0.39, 0.29) is 6.04 Å². The molecule has 2 aromatic carbocycles. The van der Waals surface area contributed by atoms with Crippen molar-refractivity contribution in [2.45, 2.75) is 25.8 Å². The van der Waals surface area contributed by atoms with Gasteiger partial charge in [-0.1, -0.05) is 19.1 Å². The first-order valence-electron chi connectivity index (χ1n) is 8.12. The van der Waals surface area contributed by atoms with Gasteiger partial charge in [0.05, 0.1) is 13.2 Å². The molecule has 1 atom stereocenters. The van der Waals surface area contributed by atoms with E-state index in [9.17, 15) is 0 Å². The number of methoxy groups -OCH3 is 1. The molecule has 1 N–H and O–H groups in total. The zero-order chi connectivity index (χ0) is 15.8. The van der Waals surface area contributed by atoms with Crippen LogP contribution in [-0.4, -0.2) is 20.4 Å². The smallest absolute Gasteiger partial charge is 0.231 e. The topological polar surface area (TPSA) is 39.7 Å². The predicted molar refractivity (Wildman–Crippen MR) is 88.5 cm³/mol. The molecule has 0 aliphatic carbocycles. The first-order chi connectivity index (χ1) is 11.3. The molecular formula is C19H21NO3. The fraction of sp³-hybridized carbons (Fsp3) is 0.368. The number of benzene rings is 2. The molecule has 1 unspecified atom stereocenters. The SMILES string of the molecule is CCc1ccc(C2NCCc3cc4c(cc32)OCO4)c(OC)c1. The third kappa shape index (κ3) is 2.43. The molecule has 0 amide bonds. The van der Waals surface area contributed by atoms with Gasteiger partial charge < -0.3 is 19.5 Å². The van der Waals surface area contributed by atoms with E-state index in [4.69, 9.17) is 14.2 Å². The number of ether oxygens (including phenoxy) is 3. The molecule has 0 spiro atoms. The van der Waals surface area contributed by atoms with E-state index in [1.807, 2.05) is 0 Å². The summed E-state index contributed by atoms with van der Waals surface area (Å²) in [5.41, 5.74) is 5.03. The maximum absolute atomic E-state index is 5.65. The summed E-state index contributed by atoms with van der Waals surface area (Å²) >= 11 is 0. The van der Waals surface area contributed by atoms with Crippen LogP contribution in [0.4, 0.5) is 0 Å². The fourth-order valence-corrected chi connectivity index (χ4v) is 3.44. The zero-order valence-corrected chi connectivity index (χ0v) is 13.5. The van der Waals surface area contributed by atoms with Gasteiger partial charge in [0.2, 0.25) is 6.79 Å². The maximum atomic E-state index is 5.65. The highest BCUT2D eigenvalue weighted by atomic mass is 16.7. The highest BCUT2D eigenvalue weighted by Gasteiger charge is 2.27. The second-order valence-electron chi connectivity index (χ2n) is 5.97. The van der Waals surface area contributed by atoms with E-state index >= 15 is 0 Å². The summed E-state index contributed by atoms with van der Waals surface area (Å²) in [5, 5.41) is 3.62. The molecule has 0 fully saturated rings. The summed E-state index contributed by atoms with van der Waals surface area (Å²) in [6.07, 6.45) is 2.00. The minimum atomic E-state index is 0.120. The Balaban J connectivity index is 1.80. The third-order valence-electron chi connectivity index (χ3n) is 4.71. The minimum absolute atomic E-state index is 0.120. The van der Waals surface area contributed by atoms with E-state index < -0.39 is 0 Å². The largest absolute Gasteiger partial charge is 0.496 e. The average molecular weight is 311 g/mol. The van der Waals surface area contributed by atoms with Crippen LogP contribution in [0.15, 0.2) is 30.3 Å². The molecule has 2 heterocycles. The third-order valence-corrected chi connectivity index (χ3v) is 4.71. The number of hydrogen-bond acceptors (Lipinski definition) is 4. The van der Waals surface area contributed by atoms with E-state index in [1.165, 1.54) is 22.3 Å². The predicted octanol–water partition coefficient (Wildman–Crippen LogP) is 3.22. The van der Waals surface area contributed by atoms with Gasteiger partial charge in [-0.05, 0) is 47.7 Å². The molecule has 23 heavy (non-hydrogen) atoms. The number of aryl methyl sites for hydroxylation is 1. The standard InChI is InChI=1S/C19H21NO3/c1-3-12-4-5-14(16(8-12)21-2)19-15-10-18-17(22-11-23-18)9-13(15)6-7-20-19/h4-5,8-10,19-20H,3,6-7,11H2,1-2H3. The van der Waals surface area contributed by atoms with Crippen molar-refractivity contribution in [1.82, 2.24) is 5.32 Å². The van der Waals surface area contributed by atoms with Crippen LogP contribution in [0.2, 0.25) is 0 Å². The van der Waals surface area contributed by atoms with Gasteiger partial charge in [0, 0.05) is 12.1 Å². The molecule has 2 aromatic rings. The molecule has 0 aromatic heterocycles. The summed E-state index contributed by atoms with van der Waals surface area (Å²) < 4.78 is 16.7. The Morgan fingerprint density at radius 2 is 1.96 bits per heavy atom. The van der Waals surface area contributed by atoms with Crippen molar-refractivity contribution in [2.24, 2.45) is 0 Å². The maximum Gasteiger partial charge on any atom is 0.231 e. The lowest BCUT2D eigenvalue weighted by Gasteiger charge is -2.29. The monoisotopic (exact) mass is 311 g/mol. The first-order valence-corrected chi connectivity index (χ1v) is 8.12. The summed E-state index contributed by atoms with van der Waals surface area (Å²) in [5.74, 6) is 2.63. The zero-order valence-electron chi connectivity index (χ0n) is 13.5. The van der Waals surface area contributed by atoms with Gasteiger partial charge in [0.15, 0.2) is 11.5 Å². The van der Waals surface area contributed by atoms with E-state index in [0.717, 1.165) is 36.6 Å². The van der Waals surface area contributed by atoms with Gasteiger partial charge >= 0.3 is 0 Å². The Bertz CT molecular complexity index is 742. The average Bonchev–Trinajstić information content (AvgIpc) is 3.06. The van der Waals surface area contributed by atoms with Crippen molar-refractivity contribution in [3.05, 3.63) is 52.6 Å². The van der Waals surface area contributed by atoms with Gasteiger partial charge in [0.25, 0.3) is 0 Å². The minimum Gasteiger partial charge on any atom is -0.496 e. The van der Waals surface area contributed by atoms with Crippen molar-refractivity contribution in [3.63, 3.8) is 0 Å². The van der Waals surface area contributed by atoms with Gasteiger partial charge in [-0.3, -0.25) is 0 Å². The van der Waals surface area contributed by atoms with Crippen LogP contribution < -0.4 is 19.5 Å². The first kappa shape index (κ1) is 14.4. The van der Waals surface area contributed by atoms with E-state index in [1.54, 1.807) is 7.11 Å². The molecule has 2 aliphatic rings. The van der Waals surface area contributed by atoms with Crippen molar-refractivity contribution in [1.29, 1.82) is 0 Å². The molecule has 120 valence electrons. The number of hydrogen-bond donors (Lipinski definition) is 1. The van der Waals surface area contributed by atoms with Crippen LogP contribution in [0.1, 0.15) is 35.2 Å². The van der Waals surface area contributed by atoms with Crippen LogP contribution in [0.3, 0.4) is 0 Å². The molecule has 0 saturated carbocycles. The molecule has 4 rings (SSSR count). The Morgan fingerprint density at radius 1 is 1.13 bits per heavy atom. The summed E-state index contributed by atoms with van der Waals surface area (Å²) in [6, 6.07) is 10.8. The Hall–Kier alpha value is -2.20. The molecule has 4 nitrogen and oxygen atoms in total. The number of fused-ring (bicyclic) bond motifs is 2. The highest BCUT2D eigenvalue weighted by molar-refractivity contribution is 5.54. The van der Waals surface area contributed by atoms with Crippen molar-refractivity contribution >= 4 is 0 Å². The second-order valence-corrected chi connectivity index (χ2v) is 5.97. The van der Waals surface area contributed by atoms with Crippen LogP contribution in [0.5, 0.6) is 17.2 Å². The molecule has 0 saturated heterocycles. The number of nitrogens with one attached hydrogen (secondary N) is 1. The normalized spacial score (nSPS) is 18.6. The lowest BCUT2D eigenvalue weighted by molar-refractivity contribution is 0.174. The van der Waals surface area contributed by atoms with Crippen LogP contribution in [0, 0.1) is 0 Å². The lowest BCUT2D eigenvalue weighted by atomic mass is 9.88. The Morgan fingerprint density at radius 3 is 2.74 bits per heavy atom. The van der Waals surface area contributed by atoms with Crippen LogP contribution in [-0.2, 0) is 12.8 Å². The number of rotatable bonds is 3. The van der Waals surface area contributed by atoms with Crippen molar-refractivity contribution in [2.75, 3.05) is 20.4 Å². The van der Waals surface area contributed by atoms with Crippen molar-refractivity contribution in [3.8, 4) is 17.2 Å². The van der Waals surface area contributed by atoms with Crippen LogP contribution in [0.25, 0.3) is 0 Å². The fourth-order valence-electron chi connectivity index (χ4n) is 3.44. The lowest BCUT2D eigenvalue weighted by Crippen LogP contribution is -2.30. The van der Waals surface area contributed by atoms with E-state index in [0.29, 0.717) is 6.79 Å². The molecule has 2 aliphatic heterocycles. The van der Waals surface area contributed by atoms with E-state index in [2.05, 4.69) is 42.6 Å². The van der Waals surface area contributed by atoms with Gasteiger partial charge in [-0.25, -0.2) is 0 Å². The molecule has 4 heteroatoms. The molecule has 0 radical (unpaired) electrons. The van der Waals surface area contributed by atoms with Gasteiger partial charge in [-0.15, -0.1) is 0 Å². The van der Waals surface area contributed by atoms with Crippen molar-refractivity contribution < 1.29 is 14.2 Å². The van der Waals surface area contributed by atoms with Gasteiger partial charge in [0.1, 0.15) is 5.75 Å². The summed E-state index contributed by atoms with van der Waals surface area (Å²) in [7, 11) is 1.74. The quantitative estimate of drug-likeness (QED) is 0.945. The second kappa shape index (κ2) is 5.78. The summed E-state index contributed by atoms with van der Waals surface area (Å²) in [4.78, 5) is 0. The van der Waals surface area contributed by atoms with Gasteiger partial charge in [-0.2, -0.15) is 0 Å². The molecular weight excluding hydrogens is 290 g/mol. The highest BCUT2D eigenvalue weighted by Crippen LogP contribution is 2.41. The Kier molecular flexibility index (Phi) is 3.62. The summed E-state index contributed by atoms with van der Waals surface area (Å²) in [6.45, 7) is 3.41. The molecule has 0 bridgehead atoms. The van der Waals surface area contributed by atoms with Crippen LogP contribution >= 0.6 is 0 Å².